The summed E-state index contributed by atoms with van der Waals surface area (Å²) >= 11 is 0. The molecule has 0 heterocycles. The van der Waals surface area contributed by atoms with Gasteiger partial charge in [0, 0.05) is 5.56 Å². The highest BCUT2D eigenvalue weighted by Crippen LogP contribution is 2.16. The Hall–Kier alpha value is -1.57. The lowest BCUT2D eigenvalue weighted by atomic mass is 10.1. The topological polar surface area (TPSA) is 26.3 Å². The largest absolute Gasteiger partial charge is 0.497 e. The van der Waals surface area contributed by atoms with E-state index in [0.29, 0.717) is 5.56 Å². The molecule has 0 fully saturated rings. The minimum atomic E-state index is 0.630. The fraction of sp³-hybridized carbons (Fsp3) is 0.100. The lowest BCUT2D eigenvalue weighted by Crippen LogP contribution is -1.88. The van der Waals surface area contributed by atoms with Crippen molar-refractivity contribution in [2.75, 3.05) is 7.11 Å². The molecule has 1 rings (SSSR count). The molecule has 62 valence electrons. The number of carbonyl (C=O) groups excluding carboxylic acids is 1. The van der Waals surface area contributed by atoms with Crippen molar-refractivity contribution >= 4 is 12.4 Å². The van der Waals surface area contributed by atoms with Crippen LogP contribution in [0.15, 0.2) is 24.8 Å². The van der Waals surface area contributed by atoms with Crippen molar-refractivity contribution in [3.63, 3.8) is 0 Å². The molecule has 0 N–H and O–H groups in total. The third-order valence-electron chi connectivity index (χ3n) is 1.64. The molecular formula is C10H10O2. The summed E-state index contributed by atoms with van der Waals surface area (Å²) in [5, 5.41) is 0. The average molecular weight is 162 g/mol. The van der Waals surface area contributed by atoms with E-state index >= 15 is 0 Å². The normalized spacial score (nSPS) is 9.08. The second-order valence-electron chi connectivity index (χ2n) is 2.32. The van der Waals surface area contributed by atoms with Gasteiger partial charge in [-0.2, -0.15) is 0 Å². The Kier molecular flexibility index (Phi) is 2.64. The summed E-state index contributed by atoms with van der Waals surface area (Å²) in [6, 6.07) is 5.23. The van der Waals surface area contributed by atoms with Gasteiger partial charge < -0.3 is 4.74 Å². The summed E-state index contributed by atoms with van der Waals surface area (Å²) in [4.78, 5) is 10.5. The highest BCUT2D eigenvalue weighted by atomic mass is 16.5. The Labute approximate surface area is 71.5 Å². The number of rotatable bonds is 3. The molecule has 0 spiro atoms. The smallest absolute Gasteiger partial charge is 0.150 e. The first-order valence-electron chi connectivity index (χ1n) is 3.57. The van der Waals surface area contributed by atoms with Crippen LogP contribution in [0.25, 0.3) is 6.08 Å². The van der Waals surface area contributed by atoms with E-state index in [0.717, 1.165) is 17.6 Å². The van der Waals surface area contributed by atoms with Gasteiger partial charge in [-0.05, 0) is 23.8 Å². The summed E-state index contributed by atoms with van der Waals surface area (Å²) in [5.41, 5.74) is 1.43. The van der Waals surface area contributed by atoms with Crippen LogP contribution >= 0.6 is 0 Å². The molecule has 0 saturated heterocycles. The van der Waals surface area contributed by atoms with Gasteiger partial charge in [-0.15, -0.1) is 0 Å². The van der Waals surface area contributed by atoms with Gasteiger partial charge >= 0.3 is 0 Å². The first kappa shape index (κ1) is 8.53. The van der Waals surface area contributed by atoms with Crippen molar-refractivity contribution in [3.05, 3.63) is 35.9 Å². The molecule has 0 amide bonds. The fourth-order valence-electron chi connectivity index (χ4n) is 0.964. The third kappa shape index (κ3) is 1.53. The second-order valence-corrected chi connectivity index (χ2v) is 2.32. The van der Waals surface area contributed by atoms with E-state index in [9.17, 15) is 4.79 Å². The molecule has 1 aromatic rings. The van der Waals surface area contributed by atoms with Crippen LogP contribution in [0.5, 0.6) is 5.75 Å². The van der Waals surface area contributed by atoms with Gasteiger partial charge in [0.2, 0.25) is 0 Å². The fourth-order valence-corrected chi connectivity index (χ4v) is 0.964. The zero-order chi connectivity index (χ0) is 8.97. The van der Waals surface area contributed by atoms with Crippen LogP contribution in [0.1, 0.15) is 15.9 Å². The molecule has 12 heavy (non-hydrogen) atoms. The molecule has 0 aromatic heterocycles. The molecule has 0 unspecified atom stereocenters. The number of carbonyl (C=O) groups is 1. The van der Waals surface area contributed by atoms with E-state index < -0.39 is 0 Å². The van der Waals surface area contributed by atoms with Crippen LogP contribution < -0.4 is 4.74 Å². The summed E-state index contributed by atoms with van der Waals surface area (Å²) < 4.78 is 4.99. The maximum atomic E-state index is 10.5. The maximum Gasteiger partial charge on any atom is 0.150 e. The molecule has 0 saturated carbocycles. The quantitative estimate of drug-likeness (QED) is 0.636. The van der Waals surface area contributed by atoms with Crippen LogP contribution in [-0.2, 0) is 0 Å². The van der Waals surface area contributed by atoms with E-state index in [2.05, 4.69) is 6.58 Å². The predicted octanol–water partition coefficient (Wildman–Crippen LogP) is 2.15. The van der Waals surface area contributed by atoms with Crippen molar-refractivity contribution in [3.8, 4) is 5.75 Å². The number of aldehydes is 1. The van der Waals surface area contributed by atoms with Gasteiger partial charge in [0.1, 0.15) is 5.75 Å². The van der Waals surface area contributed by atoms with Gasteiger partial charge in [0.05, 0.1) is 7.11 Å². The number of ether oxygens (including phenoxy) is 1. The maximum absolute atomic E-state index is 10.5. The number of hydrogen-bond donors (Lipinski definition) is 0. The summed E-state index contributed by atoms with van der Waals surface area (Å²) in [7, 11) is 1.59. The van der Waals surface area contributed by atoms with Crippen LogP contribution in [0.2, 0.25) is 0 Å². The molecule has 0 radical (unpaired) electrons. The summed E-state index contributed by atoms with van der Waals surface area (Å²) in [6.07, 6.45) is 2.43. The van der Waals surface area contributed by atoms with Crippen molar-refractivity contribution in [2.45, 2.75) is 0 Å². The second kappa shape index (κ2) is 3.72. The first-order chi connectivity index (χ1) is 5.81. The van der Waals surface area contributed by atoms with Crippen molar-refractivity contribution in [1.82, 2.24) is 0 Å². The van der Waals surface area contributed by atoms with E-state index in [1.54, 1.807) is 31.4 Å². The number of benzene rings is 1. The van der Waals surface area contributed by atoms with Gasteiger partial charge in [-0.1, -0.05) is 12.7 Å². The molecule has 0 aliphatic rings. The highest BCUT2D eigenvalue weighted by molar-refractivity contribution is 5.82. The minimum Gasteiger partial charge on any atom is -0.497 e. The third-order valence-corrected chi connectivity index (χ3v) is 1.64. The molecule has 0 aliphatic heterocycles. The van der Waals surface area contributed by atoms with Gasteiger partial charge in [-0.3, -0.25) is 4.79 Å². The van der Waals surface area contributed by atoms with Crippen molar-refractivity contribution in [1.29, 1.82) is 0 Å². The summed E-state index contributed by atoms with van der Waals surface area (Å²) in [6.45, 7) is 3.60. The van der Waals surface area contributed by atoms with Gasteiger partial charge in [0.25, 0.3) is 0 Å². The van der Waals surface area contributed by atoms with Crippen LogP contribution in [-0.4, -0.2) is 13.4 Å². The average Bonchev–Trinajstić information content (AvgIpc) is 2.16. The standard InChI is InChI=1S/C10H10O2/c1-3-8-6-10(12-2)5-4-9(8)7-11/h3-7H,1H2,2H3. The molecular weight excluding hydrogens is 152 g/mol. The molecule has 2 heteroatoms. The van der Waals surface area contributed by atoms with Crippen LogP contribution in [0.4, 0.5) is 0 Å². The molecule has 1 aromatic carbocycles. The minimum absolute atomic E-state index is 0.630. The van der Waals surface area contributed by atoms with E-state index in [1.165, 1.54) is 0 Å². The molecule has 0 aliphatic carbocycles. The van der Waals surface area contributed by atoms with E-state index in [1.807, 2.05) is 0 Å². The summed E-state index contributed by atoms with van der Waals surface area (Å²) in [5.74, 6) is 0.732. The SMILES string of the molecule is C=Cc1cc(OC)ccc1C=O. The molecule has 0 bridgehead atoms. The Morgan fingerprint density at radius 1 is 1.42 bits per heavy atom. The zero-order valence-electron chi connectivity index (χ0n) is 6.91. The monoisotopic (exact) mass is 162 g/mol. The predicted molar refractivity (Wildman–Crippen MR) is 48.5 cm³/mol. The van der Waals surface area contributed by atoms with Crippen LogP contribution in [0.3, 0.4) is 0 Å². The molecule has 2 nitrogen and oxygen atoms in total. The van der Waals surface area contributed by atoms with Gasteiger partial charge in [0.15, 0.2) is 6.29 Å². The van der Waals surface area contributed by atoms with Gasteiger partial charge in [-0.25, -0.2) is 0 Å². The Morgan fingerprint density at radius 3 is 2.67 bits per heavy atom. The Morgan fingerprint density at radius 2 is 2.17 bits per heavy atom. The zero-order valence-corrected chi connectivity index (χ0v) is 6.91. The lowest BCUT2D eigenvalue weighted by Gasteiger charge is -2.02. The van der Waals surface area contributed by atoms with Crippen LogP contribution in [0, 0.1) is 0 Å². The van der Waals surface area contributed by atoms with Crippen molar-refractivity contribution in [2.24, 2.45) is 0 Å². The van der Waals surface area contributed by atoms with Crippen molar-refractivity contribution < 1.29 is 9.53 Å². The van der Waals surface area contributed by atoms with E-state index in [-0.39, 0.29) is 0 Å². The Bertz CT molecular complexity index is 303. The van der Waals surface area contributed by atoms with E-state index in [4.69, 9.17) is 4.74 Å². The number of hydrogen-bond acceptors (Lipinski definition) is 2. The molecule has 0 atom stereocenters. The lowest BCUT2D eigenvalue weighted by molar-refractivity contribution is 0.112. The number of methoxy groups -OCH3 is 1. The highest BCUT2D eigenvalue weighted by Gasteiger charge is 1.98. The Balaban J connectivity index is 3.18. The first-order valence-corrected chi connectivity index (χ1v) is 3.57.